The Morgan fingerprint density at radius 2 is 1.92 bits per heavy atom. The van der Waals surface area contributed by atoms with E-state index in [4.69, 9.17) is 9.47 Å². The molecular weight excluding hydrogens is 522 g/mol. The lowest BCUT2D eigenvalue weighted by Crippen LogP contribution is -2.23. The molecule has 9 nitrogen and oxygen atoms in total. The third-order valence-electron chi connectivity index (χ3n) is 5.60. The molecule has 0 aliphatic heterocycles. The van der Waals surface area contributed by atoms with Crippen molar-refractivity contribution >= 4 is 73.4 Å². The van der Waals surface area contributed by atoms with Crippen LogP contribution in [0.4, 0.5) is 5.00 Å². The molecule has 4 rings (SSSR count). The third kappa shape index (κ3) is 5.71. The van der Waals surface area contributed by atoms with Gasteiger partial charge in [0, 0.05) is 4.88 Å². The van der Waals surface area contributed by atoms with Crippen molar-refractivity contribution in [3.05, 3.63) is 44.6 Å². The number of benzene rings is 1. The number of nitrogens with zero attached hydrogens (tertiary/aromatic N) is 2. The van der Waals surface area contributed by atoms with Crippen molar-refractivity contribution in [2.24, 2.45) is 4.99 Å². The summed E-state index contributed by atoms with van der Waals surface area (Å²) in [5.74, 6) is -1.61. The Morgan fingerprint density at radius 1 is 1.11 bits per heavy atom. The van der Waals surface area contributed by atoms with Crippen LogP contribution < -0.4 is 10.1 Å². The van der Waals surface area contributed by atoms with Crippen LogP contribution in [0, 0.1) is 6.92 Å². The molecule has 190 valence electrons. The highest BCUT2D eigenvalue weighted by atomic mass is 32.2. The molecule has 1 aliphatic carbocycles. The van der Waals surface area contributed by atoms with Crippen molar-refractivity contribution < 1.29 is 28.7 Å². The quantitative estimate of drug-likeness (QED) is 0.430. The molecule has 1 aliphatic rings. The molecule has 12 heteroatoms. The molecule has 1 N–H and O–H groups in total. The Labute approximate surface area is 219 Å². The van der Waals surface area contributed by atoms with Crippen LogP contribution in [0.2, 0.25) is 0 Å². The molecule has 0 saturated carbocycles. The third-order valence-corrected chi connectivity index (χ3v) is 8.76. The van der Waals surface area contributed by atoms with Crippen LogP contribution in [0.15, 0.2) is 23.2 Å². The maximum Gasteiger partial charge on any atom is 0.341 e. The Morgan fingerprint density at radius 3 is 2.67 bits per heavy atom. The van der Waals surface area contributed by atoms with Gasteiger partial charge in [-0.2, -0.15) is 4.99 Å². The Balaban J connectivity index is 1.42. The van der Waals surface area contributed by atoms with Crippen LogP contribution in [0.3, 0.4) is 0 Å². The molecule has 0 saturated heterocycles. The van der Waals surface area contributed by atoms with E-state index in [2.05, 4.69) is 10.3 Å². The van der Waals surface area contributed by atoms with Gasteiger partial charge in [0.05, 0.1) is 41.5 Å². The largest absolute Gasteiger partial charge is 0.468 e. The number of carbonyl (C=O) groups is 4. The summed E-state index contributed by atoms with van der Waals surface area (Å²) in [6.07, 6.45) is 2.67. The number of hydrogen-bond acceptors (Lipinski definition) is 9. The van der Waals surface area contributed by atoms with E-state index in [1.54, 1.807) is 4.57 Å². The second kappa shape index (κ2) is 11.4. The van der Waals surface area contributed by atoms with Gasteiger partial charge >= 0.3 is 11.9 Å². The predicted octanol–water partition coefficient (Wildman–Crippen LogP) is 3.32. The zero-order chi connectivity index (χ0) is 25.8. The Hall–Kier alpha value is -2.96. The van der Waals surface area contributed by atoms with Gasteiger partial charge in [-0.3, -0.25) is 14.4 Å². The SMILES string of the molecule is COC(=O)Cn1c(=NC(=O)CSCC(=O)Nc2sc3c(c2C(=O)OC)CCC3)sc2cc(C)ccc21. The number of esters is 2. The zero-order valence-corrected chi connectivity index (χ0v) is 22.5. The van der Waals surface area contributed by atoms with E-state index in [-0.39, 0.29) is 24.0 Å². The van der Waals surface area contributed by atoms with Crippen LogP contribution in [-0.4, -0.2) is 54.0 Å². The fourth-order valence-corrected chi connectivity index (χ4v) is 6.99. The normalized spacial score (nSPS) is 13.0. The average Bonchev–Trinajstić information content (AvgIpc) is 3.51. The van der Waals surface area contributed by atoms with Crippen molar-refractivity contribution in [1.29, 1.82) is 0 Å². The number of rotatable bonds is 8. The second-order valence-corrected chi connectivity index (χ2v) is 11.2. The molecule has 0 radical (unpaired) electrons. The van der Waals surface area contributed by atoms with E-state index in [0.717, 1.165) is 57.2 Å². The number of thioether (sulfide) groups is 1. The lowest BCUT2D eigenvalue weighted by atomic mass is 10.1. The number of methoxy groups -OCH3 is 2. The van der Waals surface area contributed by atoms with Gasteiger partial charge in [-0.05, 0) is 49.4 Å². The fraction of sp³-hybridized carbons (Fsp3) is 0.375. The zero-order valence-electron chi connectivity index (χ0n) is 20.0. The minimum absolute atomic E-state index is 0.0102. The molecule has 0 unspecified atom stereocenters. The summed E-state index contributed by atoms with van der Waals surface area (Å²) in [7, 11) is 2.63. The number of hydrogen-bond donors (Lipinski definition) is 1. The summed E-state index contributed by atoms with van der Waals surface area (Å²) in [4.78, 5) is 55.0. The van der Waals surface area contributed by atoms with Gasteiger partial charge in [0.2, 0.25) is 5.91 Å². The van der Waals surface area contributed by atoms with E-state index >= 15 is 0 Å². The number of nitrogens with one attached hydrogen (secondary N) is 1. The van der Waals surface area contributed by atoms with Gasteiger partial charge in [0.1, 0.15) is 11.5 Å². The minimum Gasteiger partial charge on any atom is -0.468 e. The summed E-state index contributed by atoms with van der Waals surface area (Å²) < 4.78 is 12.3. The van der Waals surface area contributed by atoms with Crippen molar-refractivity contribution in [2.75, 3.05) is 31.0 Å². The first kappa shape index (κ1) is 26.1. The maximum absolute atomic E-state index is 12.6. The molecular formula is C24H25N3O6S3. The number of carbonyl (C=O) groups excluding carboxylic acids is 4. The average molecular weight is 548 g/mol. The highest BCUT2D eigenvalue weighted by Crippen LogP contribution is 2.39. The van der Waals surface area contributed by atoms with Crippen molar-refractivity contribution in [3.63, 3.8) is 0 Å². The number of ether oxygens (including phenoxy) is 2. The van der Waals surface area contributed by atoms with Gasteiger partial charge in [0.25, 0.3) is 5.91 Å². The highest BCUT2D eigenvalue weighted by molar-refractivity contribution is 8.00. The Kier molecular flexibility index (Phi) is 8.27. The lowest BCUT2D eigenvalue weighted by Gasteiger charge is -2.06. The van der Waals surface area contributed by atoms with E-state index in [1.807, 2.05) is 25.1 Å². The van der Waals surface area contributed by atoms with Crippen LogP contribution in [0.1, 0.15) is 32.8 Å². The summed E-state index contributed by atoms with van der Waals surface area (Å²) >= 11 is 3.85. The molecule has 2 amide bonds. The molecule has 0 atom stereocenters. The monoisotopic (exact) mass is 547 g/mol. The summed E-state index contributed by atoms with van der Waals surface area (Å²) in [6.45, 7) is 1.90. The number of thiophene rings is 1. The number of aryl methyl sites for hydroxylation is 2. The van der Waals surface area contributed by atoms with Crippen LogP contribution in [-0.2, 0) is 43.2 Å². The predicted molar refractivity (Wildman–Crippen MR) is 141 cm³/mol. The number of fused-ring (bicyclic) bond motifs is 2. The standard InChI is InChI=1S/C24H25N3O6S3/c1-13-7-8-15-17(9-13)36-24(27(15)10-20(30)32-2)26-19(29)12-34-11-18(28)25-22-21(23(31)33-3)14-5-4-6-16(14)35-22/h7-9H,4-6,10-12H2,1-3H3,(H,25,28). The fourth-order valence-electron chi connectivity index (χ4n) is 3.96. The smallest absolute Gasteiger partial charge is 0.341 e. The van der Waals surface area contributed by atoms with E-state index in [0.29, 0.717) is 15.4 Å². The molecule has 2 heterocycles. The highest BCUT2D eigenvalue weighted by Gasteiger charge is 2.28. The summed E-state index contributed by atoms with van der Waals surface area (Å²) in [5.41, 5.74) is 3.25. The van der Waals surface area contributed by atoms with E-state index in [1.165, 1.54) is 36.9 Å². The van der Waals surface area contributed by atoms with Gasteiger partial charge in [-0.1, -0.05) is 17.4 Å². The first-order valence-electron chi connectivity index (χ1n) is 11.2. The first-order valence-corrected chi connectivity index (χ1v) is 13.9. The van der Waals surface area contributed by atoms with Crippen molar-refractivity contribution in [3.8, 4) is 0 Å². The van der Waals surface area contributed by atoms with E-state index < -0.39 is 17.8 Å². The van der Waals surface area contributed by atoms with Gasteiger partial charge in [-0.15, -0.1) is 23.1 Å². The molecule has 1 aromatic carbocycles. The number of anilines is 1. The first-order chi connectivity index (χ1) is 17.3. The molecule has 0 fully saturated rings. The van der Waals surface area contributed by atoms with Crippen LogP contribution in [0.25, 0.3) is 10.2 Å². The minimum atomic E-state index is -0.454. The second-order valence-electron chi connectivity index (χ2n) is 8.12. The van der Waals surface area contributed by atoms with Crippen molar-refractivity contribution in [2.45, 2.75) is 32.7 Å². The topological polar surface area (TPSA) is 116 Å². The van der Waals surface area contributed by atoms with Gasteiger partial charge in [-0.25, -0.2) is 4.79 Å². The van der Waals surface area contributed by atoms with E-state index in [9.17, 15) is 19.2 Å². The number of aromatic nitrogens is 1. The van der Waals surface area contributed by atoms with Crippen molar-refractivity contribution in [1.82, 2.24) is 4.57 Å². The number of amides is 2. The number of thiazole rings is 1. The molecule has 36 heavy (non-hydrogen) atoms. The summed E-state index contributed by atoms with van der Waals surface area (Å²) in [6, 6.07) is 5.78. The molecule has 3 aromatic rings. The van der Waals surface area contributed by atoms with Crippen LogP contribution >= 0.6 is 34.4 Å². The Bertz CT molecular complexity index is 1420. The summed E-state index contributed by atoms with van der Waals surface area (Å²) in [5, 5.41) is 3.30. The maximum atomic E-state index is 12.6. The molecule has 2 aromatic heterocycles. The molecule has 0 bridgehead atoms. The van der Waals surface area contributed by atoms with Crippen LogP contribution in [0.5, 0.6) is 0 Å². The van der Waals surface area contributed by atoms with Gasteiger partial charge < -0.3 is 19.4 Å². The van der Waals surface area contributed by atoms with Gasteiger partial charge in [0.15, 0.2) is 4.80 Å². The molecule has 0 spiro atoms. The lowest BCUT2D eigenvalue weighted by molar-refractivity contribution is -0.141.